The third-order valence-corrected chi connectivity index (χ3v) is 4.64. The van der Waals surface area contributed by atoms with Crippen molar-refractivity contribution < 1.29 is 9.90 Å². The van der Waals surface area contributed by atoms with E-state index in [2.05, 4.69) is 24.1 Å². The number of aromatic carboxylic acids is 1. The molecule has 0 atom stereocenters. The van der Waals surface area contributed by atoms with Crippen molar-refractivity contribution in [2.75, 3.05) is 11.9 Å². The molecule has 5 heteroatoms. The average molecular weight is 282 g/mol. The van der Waals surface area contributed by atoms with Crippen LogP contribution in [-0.2, 0) is 0 Å². The quantitative estimate of drug-likeness (QED) is 0.831. The van der Waals surface area contributed by atoms with Crippen LogP contribution in [0, 0.1) is 11.3 Å². The van der Waals surface area contributed by atoms with Crippen molar-refractivity contribution in [3.8, 4) is 0 Å². The molecule has 1 aromatic rings. The number of rotatable bonds is 6. The molecule has 1 saturated carbocycles. The fraction of sp³-hybridized carbons (Fsp3) is 0.714. The monoisotopic (exact) mass is 282 g/mol. The van der Waals surface area contributed by atoms with Gasteiger partial charge in [0.1, 0.15) is 0 Å². The second kappa shape index (κ2) is 5.90. The number of carbonyl (C=O) groups is 1. The molecule has 0 radical (unpaired) electrons. The maximum Gasteiger partial charge on any atom is 0.355 e. The number of nitrogens with one attached hydrogen (secondary N) is 1. The number of nitrogens with zero attached hydrogens (tertiary/aromatic N) is 1. The van der Waals surface area contributed by atoms with Gasteiger partial charge < -0.3 is 10.4 Å². The highest BCUT2D eigenvalue weighted by Gasteiger charge is 2.34. The molecule has 0 saturated heterocycles. The molecule has 106 valence electrons. The number of carboxylic acids is 1. The lowest BCUT2D eigenvalue weighted by atomic mass is 9.78. The minimum Gasteiger partial charge on any atom is -0.476 e. The van der Waals surface area contributed by atoms with E-state index in [-0.39, 0.29) is 5.69 Å². The third-order valence-electron chi connectivity index (χ3n) is 3.84. The number of aromatic nitrogens is 1. The second-order valence-corrected chi connectivity index (χ2v) is 6.86. The van der Waals surface area contributed by atoms with E-state index < -0.39 is 5.97 Å². The van der Waals surface area contributed by atoms with Gasteiger partial charge in [-0.05, 0) is 30.6 Å². The molecule has 1 aliphatic carbocycles. The zero-order valence-corrected chi connectivity index (χ0v) is 12.4. The summed E-state index contributed by atoms with van der Waals surface area (Å²) >= 11 is 1.38. The SMILES string of the molecule is CC(C)CC1(CNc2nc(C(=O)O)cs2)CCCC1. The van der Waals surface area contributed by atoms with E-state index in [1.54, 1.807) is 5.38 Å². The van der Waals surface area contributed by atoms with Gasteiger partial charge in [-0.3, -0.25) is 0 Å². The van der Waals surface area contributed by atoms with Crippen molar-refractivity contribution in [1.29, 1.82) is 0 Å². The maximum atomic E-state index is 10.8. The Morgan fingerprint density at radius 1 is 1.53 bits per heavy atom. The zero-order chi connectivity index (χ0) is 13.9. The highest BCUT2D eigenvalue weighted by atomic mass is 32.1. The first kappa shape index (κ1) is 14.3. The van der Waals surface area contributed by atoms with Gasteiger partial charge in [-0.1, -0.05) is 26.7 Å². The van der Waals surface area contributed by atoms with Crippen LogP contribution < -0.4 is 5.32 Å². The van der Waals surface area contributed by atoms with E-state index in [1.807, 2.05) is 0 Å². The van der Waals surface area contributed by atoms with Crippen LogP contribution in [0.3, 0.4) is 0 Å². The average Bonchev–Trinajstić information content (AvgIpc) is 2.94. The van der Waals surface area contributed by atoms with Crippen LogP contribution >= 0.6 is 11.3 Å². The van der Waals surface area contributed by atoms with Gasteiger partial charge in [-0.25, -0.2) is 9.78 Å². The molecule has 0 amide bonds. The van der Waals surface area contributed by atoms with Crippen molar-refractivity contribution in [1.82, 2.24) is 4.98 Å². The lowest BCUT2D eigenvalue weighted by Crippen LogP contribution is -2.28. The molecule has 0 aromatic carbocycles. The molecule has 1 fully saturated rings. The standard InChI is InChI=1S/C14H22N2O2S/c1-10(2)7-14(5-3-4-6-14)9-15-13-16-11(8-19-13)12(17)18/h8,10H,3-7,9H2,1-2H3,(H,15,16)(H,17,18). The summed E-state index contributed by atoms with van der Waals surface area (Å²) in [5.41, 5.74) is 0.514. The molecule has 2 rings (SSSR count). The van der Waals surface area contributed by atoms with Gasteiger partial charge in [-0.2, -0.15) is 0 Å². The van der Waals surface area contributed by atoms with Gasteiger partial charge in [0.25, 0.3) is 0 Å². The summed E-state index contributed by atoms with van der Waals surface area (Å²) in [6, 6.07) is 0. The summed E-state index contributed by atoms with van der Waals surface area (Å²) in [5.74, 6) is -0.257. The Labute approximate surface area is 118 Å². The molecule has 0 bridgehead atoms. The van der Waals surface area contributed by atoms with E-state index in [9.17, 15) is 4.79 Å². The highest BCUT2D eigenvalue weighted by molar-refractivity contribution is 7.13. The molecule has 1 aromatic heterocycles. The van der Waals surface area contributed by atoms with E-state index in [0.29, 0.717) is 11.3 Å². The van der Waals surface area contributed by atoms with Crippen LogP contribution in [0.15, 0.2) is 5.38 Å². The van der Waals surface area contributed by atoms with Crippen molar-refractivity contribution in [2.24, 2.45) is 11.3 Å². The van der Waals surface area contributed by atoms with E-state index in [4.69, 9.17) is 5.11 Å². The molecule has 2 N–H and O–H groups in total. The van der Waals surface area contributed by atoms with Crippen LogP contribution in [0.25, 0.3) is 0 Å². The van der Waals surface area contributed by atoms with Crippen LogP contribution in [-0.4, -0.2) is 22.6 Å². The lowest BCUT2D eigenvalue weighted by Gasteiger charge is -2.31. The first-order chi connectivity index (χ1) is 9.01. The van der Waals surface area contributed by atoms with Crippen LogP contribution in [0.2, 0.25) is 0 Å². The van der Waals surface area contributed by atoms with Crippen molar-refractivity contribution in [3.05, 3.63) is 11.1 Å². The van der Waals surface area contributed by atoms with Crippen LogP contribution in [0.1, 0.15) is 56.4 Å². The number of thiazole rings is 1. The van der Waals surface area contributed by atoms with Gasteiger partial charge in [-0.15, -0.1) is 11.3 Å². The second-order valence-electron chi connectivity index (χ2n) is 6.00. The first-order valence-corrected chi connectivity index (χ1v) is 7.81. The Bertz CT molecular complexity index is 436. The Hall–Kier alpha value is -1.10. The number of hydrogen-bond donors (Lipinski definition) is 2. The van der Waals surface area contributed by atoms with Crippen molar-refractivity contribution >= 4 is 22.4 Å². The van der Waals surface area contributed by atoms with E-state index in [1.165, 1.54) is 43.4 Å². The molecule has 0 spiro atoms. The molecule has 4 nitrogen and oxygen atoms in total. The van der Waals surface area contributed by atoms with Crippen LogP contribution in [0.4, 0.5) is 5.13 Å². The fourth-order valence-corrected chi connectivity index (χ4v) is 3.84. The summed E-state index contributed by atoms with van der Waals surface area (Å²) in [4.78, 5) is 14.9. The van der Waals surface area contributed by atoms with Crippen molar-refractivity contribution in [3.63, 3.8) is 0 Å². The van der Waals surface area contributed by atoms with Gasteiger partial charge in [0.05, 0.1) is 0 Å². The Morgan fingerprint density at radius 2 is 2.21 bits per heavy atom. The molecular weight excluding hydrogens is 260 g/mol. The largest absolute Gasteiger partial charge is 0.476 e. The summed E-state index contributed by atoms with van der Waals surface area (Å²) in [7, 11) is 0. The highest BCUT2D eigenvalue weighted by Crippen LogP contribution is 2.43. The third kappa shape index (κ3) is 3.69. The number of carboxylic acid groups (broad SMARTS) is 1. The Balaban J connectivity index is 1.96. The molecule has 0 aliphatic heterocycles. The summed E-state index contributed by atoms with van der Waals surface area (Å²) < 4.78 is 0. The van der Waals surface area contributed by atoms with E-state index in [0.717, 1.165) is 11.7 Å². The maximum absolute atomic E-state index is 10.8. The normalized spacial score (nSPS) is 17.8. The minimum absolute atomic E-state index is 0.136. The summed E-state index contributed by atoms with van der Waals surface area (Å²) in [6.07, 6.45) is 6.40. The minimum atomic E-state index is -0.956. The topological polar surface area (TPSA) is 62.2 Å². The fourth-order valence-electron chi connectivity index (χ4n) is 3.16. The number of hydrogen-bond acceptors (Lipinski definition) is 4. The Morgan fingerprint density at radius 3 is 2.74 bits per heavy atom. The lowest BCUT2D eigenvalue weighted by molar-refractivity contribution is 0.0691. The van der Waals surface area contributed by atoms with E-state index >= 15 is 0 Å². The zero-order valence-electron chi connectivity index (χ0n) is 11.6. The van der Waals surface area contributed by atoms with Crippen LogP contribution in [0.5, 0.6) is 0 Å². The molecular formula is C14H22N2O2S. The van der Waals surface area contributed by atoms with Gasteiger partial charge >= 0.3 is 5.97 Å². The van der Waals surface area contributed by atoms with Gasteiger partial charge in [0.15, 0.2) is 10.8 Å². The smallest absolute Gasteiger partial charge is 0.355 e. The molecule has 1 heterocycles. The predicted octanol–water partition coefficient (Wildman–Crippen LogP) is 3.86. The molecule has 0 unspecified atom stereocenters. The number of anilines is 1. The van der Waals surface area contributed by atoms with Gasteiger partial charge in [0, 0.05) is 11.9 Å². The first-order valence-electron chi connectivity index (χ1n) is 6.93. The van der Waals surface area contributed by atoms with Crippen molar-refractivity contribution in [2.45, 2.75) is 46.0 Å². The molecule has 19 heavy (non-hydrogen) atoms. The molecule has 1 aliphatic rings. The summed E-state index contributed by atoms with van der Waals surface area (Å²) in [5, 5.41) is 14.5. The predicted molar refractivity (Wildman–Crippen MR) is 77.9 cm³/mol. The van der Waals surface area contributed by atoms with Gasteiger partial charge in [0.2, 0.25) is 0 Å². The summed E-state index contributed by atoms with van der Waals surface area (Å²) in [6.45, 7) is 5.45. The Kier molecular flexibility index (Phi) is 4.45.